The number of aromatic nitrogens is 2. The second kappa shape index (κ2) is 19.9. The first-order valence-corrected chi connectivity index (χ1v) is 19.6. The summed E-state index contributed by atoms with van der Waals surface area (Å²) >= 11 is 0. The smallest absolute Gasteiger partial charge is 0.323 e. The molecule has 4 aliphatic rings. The number of carbonyl (C=O) groups excluding carboxylic acids is 2. The predicted molar refractivity (Wildman–Crippen MR) is 191 cm³/mol. The Morgan fingerprint density at radius 3 is 2.02 bits per heavy atom. The van der Waals surface area contributed by atoms with Crippen molar-refractivity contribution in [1.82, 2.24) is 26.1 Å². The summed E-state index contributed by atoms with van der Waals surface area (Å²) in [4.78, 5) is 42.1. The average molecular weight is 685 g/mol. The molecule has 1 aliphatic heterocycles. The molecule has 11 nitrogen and oxygen atoms in total. The van der Waals surface area contributed by atoms with Gasteiger partial charge in [-0.15, -0.1) is 0 Å². The van der Waals surface area contributed by atoms with Crippen LogP contribution in [0, 0.1) is 29.6 Å². The Hall–Kier alpha value is -2.34. The molecule has 1 amide bonds. The highest BCUT2D eigenvalue weighted by Gasteiger charge is 2.34. The molecule has 276 valence electrons. The predicted octanol–water partition coefficient (Wildman–Crippen LogP) is 5.79. The molecule has 1 saturated heterocycles. The first-order chi connectivity index (χ1) is 23.8. The molecule has 4 fully saturated rings. The first kappa shape index (κ1) is 37.9. The molecular formula is C38H64N6O5. The lowest BCUT2D eigenvalue weighted by molar-refractivity contribution is -0.163. The number of nitrogens with one attached hydrogen (secondary N) is 3. The van der Waals surface area contributed by atoms with Gasteiger partial charge in [-0.1, -0.05) is 33.1 Å². The molecule has 11 heteroatoms. The molecule has 49 heavy (non-hydrogen) atoms. The number of carbonyl (C=O) groups is 2. The van der Waals surface area contributed by atoms with E-state index in [1.807, 2.05) is 0 Å². The maximum absolute atomic E-state index is 13.2. The average Bonchev–Trinajstić information content (AvgIpc) is 3.64. The zero-order valence-corrected chi connectivity index (χ0v) is 30.5. The van der Waals surface area contributed by atoms with E-state index in [0.29, 0.717) is 41.8 Å². The van der Waals surface area contributed by atoms with E-state index < -0.39 is 6.29 Å². The van der Waals surface area contributed by atoms with Crippen LogP contribution in [-0.4, -0.2) is 79.6 Å². The molecule has 0 bridgehead atoms. The fraction of sp³-hybridized carbons (Fsp3) is 0.842. The maximum atomic E-state index is 13.2. The molecule has 1 unspecified atom stereocenters. The molecule has 3 aliphatic carbocycles. The van der Waals surface area contributed by atoms with Crippen LogP contribution in [0.2, 0.25) is 0 Å². The van der Waals surface area contributed by atoms with E-state index in [-0.39, 0.29) is 24.0 Å². The number of hydroxylamine groups is 1. The molecule has 2 heterocycles. The number of nitrogens with zero attached hydrogens (tertiary/aromatic N) is 3. The second-order valence-corrected chi connectivity index (χ2v) is 15.7. The fourth-order valence-electron chi connectivity index (χ4n) is 8.07. The van der Waals surface area contributed by atoms with Crippen molar-refractivity contribution in [2.45, 2.75) is 136 Å². The van der Waals surface area contributed by atoms with Gasteiger partial charge in [0.2, 0.25) is 5.95 Å². The van der Waals surface area contributed by atoms with Gasteiger partial charge in [-0.05, 0) is 133 Å². The summed E-state index contributed by atoms with van der Waals surface area (Å²) in [5.74, 6) is 3.17. The van der Waals surface area contributed by atoms with Crippen LogP contribution in [-0.2, 0) is 19.1 Å². The van der Waals surface area contributed by atoms with Crippen LogP contribution in [0.4, 0.5) is 5.95 Å². The molecule has 1 aromatic rings. The van der Waals surface area contributed by atoms with Gasteiger partial charge in [0.05, 0.1) is 12.2 Å². The third kappa shape index (κ3) is 12.4. The van der Waals surface area contributed by atoms with Gasteiger partial charge in [0.25, 0.3) is 5.91 Å². The Morgan fingerprint density at radius 2 is 1.39 bits per heavy atom. The molecule has 3 N–H and O–H groups in total. The molecule has 1 aromatic heterocycles. The summed E-state index contributed by atoms with van der Waals surface area (Å²) in [6, 6.07) is -0.117. The number of hydrogen-bond donors (Lipinski definition) is 3. The van der Waals surface area contributed by atoms with Crippen LogP contribution in [0.15, 0.2) is 12.4 Å². The van der Waals surface area contributed by atoms with E-state index in [1.165, 1.54) is 57.8 Å². The van der Waals surface area contributed by atoms with E-state index in [0.717, 1.165) is 77.2 Å². The second-order valence-electron chi connectivity index (χ2n) is 15.7. The summed E-state index contributed by atoms with van der Waals surface area (Å²) in [5.41, 5.74) is 2.78. The molecule has 2 atom stereocenters. The normalized spacial score (nSPS) is 24.2. The van der Waals surface area contributed by atoms with Crippen LogP contribution >= 0.6 is 0 Å². The summed E-state index contributed by atoms with van der Waals surface area (Å²) in [6.45, 7) is 11.4. The van der Waals surface area contributed by atoms with Crippen molar-refractivity contribution in [3.8, 4) is 0 Å². The van der Waals surface area contributed by atoms with Crippen molar-refractivity contribution in [2.75, 3.05) is 44.2 Å². The van der Waals surface area contributed by atoms with Gasteiger partial charge in [-0.25, -0.2) is 20.3 Å². The third-order valence-electron chi connectivity index (χ3n) is 11.2. The quantitative estimate of drug-likeness (QED) is 0.105. The lowest BCUT2D eigenvalue weighted by atomic mass is 9.80. The van der Waals surface area contributed by atoms with Crippen molar-refractivity contribution in [1.29, 1.82) is 0 Å². The van der Waals surface area contributed by atoms with Gasteiger partial charge in [-0.3, -0.25) is 9.59 Å². The van der Waals surface area contributed by atoms with Crippen LogP contribution in [0.1, 0.15) is 127 Å². The van der Waals surface area contributed by atoms with Crippen molar-refractivity contribution in [3.63, 3.8) is 0 Å². The highest BCUT2D eigenvalue weighted by atomic mass is 16.8. The molecule has 0 aromatic carbocycles. The van der Waals surface area contributed by atoms with Gasteiger partial charge in [0, 0.05) is 25.5 Å². The summed E-state index contributed by atoms with van der Waals surface area (Å²) < 4.78 is 11.5. The van der Waals surface area contributed by atoms with Gasteiger partial charge in [0.1, 0.15) is 12.1 Å². The Balaban J connectivity index is 0.940. The van der Waals surface area contributed by atoms with Crippen LogP contribution in [0.25, 0.3) is 0 Å². The minimum atomic E-state index is -0.533. The first-order valence-electron chi connectivity index (χ1n) is 19.6. The largest absolute Gasteiger partial charge is 0.461 e. The summed E-state index contributed by atoms with van der Waals surface area (Å²) in [6.07, 6.45) is 20.5. The number of esters is 1. The lowest BCUT2D eigenvalue weighted by Crippen LogP contribution is -2.47. The zero-order chi connectivity index (χ0) is 34.4. The van der Waals surface area contributed by atoms with E-state index in [4.69, 9.17) is 14.3 Å². The summed E-state index contributed by atoms with van der Waals surface area (Å²) in [7, 11) is 0. The Morgan fingerprint density at radius 1 is 0.796 bits per heavy atom. The Kier molecular flexibility index (Phi) is 15.4. The van der Waals surface area contributed by atoms with Gasteiger partial charge < -0.3 is 25.0 Å². The zero-order valence-electron chi connectivity index (χ0n) is 30.5. The topological polar surface area (TPSA) is 127 Å². The number of hydrogen-bond acceptors (Lipinski definition) is 10. The molecule has 0 radical (unpaired) electrons. The van der Waals surface area contributed by atoms with Crippen molar-refractivity contribution < 1.29 is 23.9 Å². The molecular weight excluding hydrogens is 620 g/mol. The molecule has 0 spiro atoms. The maximum Gasteiger partial charge on any atom is 0.323 e. The lowest BCUT2D eigenvalue weighted by Gasteiger charge is -2.34. The van der Waals surface area contributed by atoms with Crippen LogP contribution in [0.5, 0.6) is 0 Å². The SMILES string of the molecule is CC(C)COC(C)ONC(=O)c1cnc(N2CCC(CNCC3CCC(CN[C@H](C(=O)OC4CCCC4)C4CCCCC4)CC3)CC2)nc1. The van der Waals surface area contributed by atoms with E-state index in [2.05, 4.69) is 44.8 Å². The van der Waals surface area contributed by atoms with Gasteiger partial charge in [0.15, 0.2) is 6.29 Å². The van der Waals surface area contributed by atoms with E-state index in [9.17, 15) is 9.59 Å². The standard InChI is InChI=1S/C38H64N6O5/c1-27(2)26-47-28(3)49-43-36(45)33-24-41-38(42-25-33)44-19-17-31(18-20-44)22-39-21-29-13-15-30(16-14-29)23-40-35(32-9-5-4-6-10-32)37(46)48-34-11-7-8-12-34/h24-25,27-32,34-35,39-40H,4-23,26H2,1-3H3,(H,43,45)/t28?,29?,30?,35-/m0/s1. The van der Waals surface area contributed by atoms with Gasteiger partial charge >= 0.3 is 5.97 Å². The van der Waals surface area contributed by atoms with Crippen LogP contribution < -0.4 is 21.0 Å². The van der Waals surface area contributed by atoms with Crippen molar-refractivity contribution in [2.24, 2.45) is 29.6 Å². The van der Waals surface area contributed by atoms with Crippen LogP contribution in [0.3, 0.4) is 0 Å². The van der Waals surface area contributed by atoms with Crippen molar-refractivity contribution >= 4 is 17.8 Å². The third-order valence-corrected chi connectivity index (χ3v) is 11.2. The monoisotopic (exact) mass is 684 g/mol. The molecule has 3 saturated carbocycles. The Bertz CT molecular complexity index is 1110. The fourth-order valence-corrected chi connectivity index (χ4v) is 8.07. The highest BCUT2D eigenvalue weighted by Crippen LogP contribution is 2.31. The number of piperidine rings is 1. The molecule has 5 rings (SSSR count). The number of rotatable bonds is 17. The minimum absolute atomic E-state index is 0.0251. The van der Waals surface area contributed by atoms with Gasteiger partial charge in [-0.2, -0.15) is 0 Å². The van der Waals surface area contributed by atoms with Crippen molar-refractivity contribution in [3.05, 3.63) is 18.0 Å². The number of anilines is 1. The minimum Gasteiger partial charge on any atom is -0.461 e. The highest BCUT2D eigenvalue weighted by molar-refractivity contribution is 5.92. The summed E-state index contributed by atoms with van der Waals surface area (Å²) in [5, 5.41) is 7.54. The van der Waals surface area contributed by atoms with E-state index in [1.54, 1.807) is 19.3 Å². The Labute approximate surface area is 294 Å². The number of amides is 1. The van der Waals surface area contributed by atoms with E-state index >= 15 is 0 Å². The number of ether oxygens (including phenoxy) is 2.